The SMILES string of the molecule is CC(C)(C)c1ccc(S(=O)(=O)NCCC#CC2(O)CCC2)cc1. The second kappa shape index (κ2) is 6.64. The van der Waals surface area contributed by atoms with Crippen LogP contribution in [0.2, 0.25) is 0 Å². The van der Waals surface area contributed by atoms with Crippen molar-refractivity contribution < 1.29 is 13.5 Å². The van der Waals surface area contributed by atoms with Gasteiger partial charge >= 0.3 is 0 Å². The third-order valence-electron chi connectivity index (χ3n) is 4.07. The average molecular weight is 335 g/mol. The largest absolute Gasteiger partial charge is 0.378 e. The highest BCUT2D eigenvalue weighted by Gasteiger charge is 2.31. The van der Waals surface area contributed by atoms with Gasteiger partial charge in [-0.05, 0) is 42.4 Å². The van der Waals surface area contributed by atoms with Gasteiger partial charge in [0, 0.05) is 13.0 Å². The number of benzene rings is 1. The van der Waals surface area contributed by atoms with Crippen LogP contribution in [-0.4, -0.2) is 25.7 Å². The summed E-state index contributed by atoms with van der Waals surface area (Å²) in [5.41, 5.74) is 0.255. The van der Waals surface area contributed by atoms with Crippen LogP contribution in [0.15, 0.2) is 29.2 Å². The predicted octanol–water partition coefficient (Wildman–Crippen LogP) is 2.57. The first-order chi connectivity index (χ1) is 10.6. The van der Waals surface area contributed by atoms with Crippen LogP contribution >= 0.6 is 0 Å². The third-order valence-corrected chi connectivity index (χ3v) is 5.55. The van der Waals surface area contributed by atoms with Crippen LogP contribution in [0.25, 0.3) is 0 Å². The molecule has 1 aliphatic rings. The summed E-state index contributed by atoms with van der Waals surface area (Å²) in [5, 5.41) is 9.83. The highest BCUT2D eigenvalue weighted by molar-refractivity contribution is 7.89. The van der Waals surface area contributed by atoms with E-state index in [1.807, 2.05) is 12.1 Å². The maximum absolute atomic E-state index is 12.2. The van der Waals surface area contributed by atoms with Crippen LogP contribution in [0.1, 0.15) is 52.0 Å². The summed E-state index contributed by atoms with van der Waals surface area (Å²) in [6.07, 6.45) is 2.82. The van der Waals surface area contributed by atoms with E-state index >= 15 is 0 Å². The molecule has 0 atom stereocenters. The van der Waals surface area contributed by atoms with E-state index in [1.165, 1.54) is 0 Å². The van der Waals surface area contributed by atoms with E-state index in [0.717, 1.165) is 12.0 Å². The van der Waals surface area contributed by atoms with Gasteiger partial charge in [0.2, 0.25) is 10.0 Å². The molecule has 4 nitrogen and oxygen atoms in total. The summed E-state index contributed by atoms with van der Waals surface area (Å²) in [4.78, 5) is 0.260. The Balaban J connectivity index is 1.91. The Labute approximate surface area is 139 Å². The molecule has 1 aliphatic carbocycles. The lowest BCUT2D eigenvalue weighted by Crippen LogP contribution is -2.34. The van der Waals surface area contributed by atoms with Crippen LogP contribution < -0.4 is 4.72 Å². The molecule has 1 aromatic carbocycles. The lowest BCUT2D eigenvalue weighted by atomic mass is 9.81. The van der Waals surface area contributed by atoms with E-state index in [0.29, 0.717) is 19.3 Å². The van der Waals surface area contributed by atoms with Crippen molar-refractivity contribution in [2.24, 2.45) is 0 Å². The summed E-state index contributed by atoms with van der Waals surface area (Å²) >= 11 is 0. The maximum atomic E-state index is 12.2. The molecule has 0 spiro atoms. The smallest absolute Gasteiger partial charge is 0.240 e. The zero-order valence-electron chi connectivity index (χ0n) is 14.0. The van der Waals surface area contributed by atoms with Crippen molar-refractivity contribution in [1.29, 1.82) is 0 Å². The molecule has 5 heteroatoms. The molecule has 0 aliphatic heterocycles. The minimum Gasteiger partial charge on any atom is -0.378 e. The van der Waals surface area contributed by atoms with Gasteiger partial charge in [-0.2, -0.15) is 0 Å². The molecule has 0 amide bonds. The minimum absolute atomic E-state index is 0.00686. The Kier molecular flexibility index (Phi) is 5.20. The molecule has 126 valence electrons. The number of rotatable bonds is 4. The molecule has 1 fully saturated rings. The molecule has 0 radical (unpaired) electrons. The highest BCUT2D eigenvalue weighted by atomic mass is 32.2. The Hall–Kier alpha value is -1.35. The molecule has 2 rings (SSSR count). The molecule has 2 N–H and O–H groups in total. The predicted molar refractivity (Wildman–Crippen MR) is 91.5 cm³/mol. The fourth-order valence-electron chi connectivity index (χ4n) is 2.33. The monoisotopic (exact) mass is 335 g/mol. The number of sulfonamides is 1. The van der Waals surface area contributed by atoms with Crippen molar-refractivity contribution in [3.05, 3.63) is 29.8 Å². The van der Waals surface area contributed by atoms with Gasteiger partial charge in [-0.3, -0.25) is 0 Å². The summed E-state index contributed by atoms with van der Waals surface area (Å²) in [5.74, 6) is 5.67. The van der Waals surface area contributed by atoms with Crippen molar-refractivity contribution in [1.82, 2.24) is 4.72 Å². The average Bonchev–Trinajstić information content (AvgIpc) is 2.44. The van der Waals surface area contributed by atoms with Gasteiger partial charge < -0.3 is 5.11 Å². The van der Waals surface area contributed by atoms with Crippen LogP contribution in [0.3, 0.4) is 0 Å². The first-order valence-corrected chi connectivity index (χ1v) is 9.43. The molecule has 0 aromatic heterocycles. The molecule has 0 unspecified atom stereocenters. The fraction of sp³-hybridized carbons (Fsp3) is 0.556. The molecular formula is C18H25NO3S. The maximum Gasteiger partial charge on any atom is 0.240 e. The van der Waals surface area contributed by atoms with Gasteiger partial charge in [-0.15, -0.1) is 0 Å². The first-order valence-electron chi connectivity index (χ1n) is 7.95. The lowest BCUT2D eigenvalue weighted by molar-refractivity contribution is 0.0239. The summed E-state index contributed by atoms with van der Waals surface area (Å²) in [6, 6.07) is 6.96. The Bertz CT molecular complexity index is 699. The Morgan fingerprint density at radius 2 is 1.83 bits per heavy atom. The van der Waals surface area contributed by atoms with Crippen molar-refractivity contribution in [3.8, 4) is 11.8 Å². The van der Waals surface area contributed by atoms with Crippen LogP contribution in [0.4, 0.5) is 0 Å². The Morgan fingerprint density at radius 3 is 2.30 bits per heavy atom. The standard InChI is InChI=1S/C18H25NO3S/c1-17(2,3)15-7-9-16(10-8-15)23(21,22)19-14-5-4-11-18(20)12-6-13-18/h7-10,19-20H,5-6,12-14H2,1-3H3. The van der Waals surface area contributed by atoms with Crippen molar-refractivity contribution in [2.75, 3.05) is 6.54 Å². The van der Waals surface area contributed by atoms with Crippen molar-refractivity contribution in [2.45, 2.75) is 62.4 Å². The molecule has 0 heterocycles. The summed E-state index contributed by atoms with van der Waals surface area (Å²) in [6.45, 7) is 6.50. The molecular weight excluding hydrogens is 310 g/mol. The van der Waals surface area contributed by atoms with E-state index in [-0.39, 0.29) is 16.9 Å². The minimum atomic E-state index is -3.51. The van der Waals surface area contributed by atoms with Crippen LogP contribution in [0, 0.1) is 11.8 Å². The van der Waals surface area contributed by atoms with E-state index in [2.05, 4.69) is 37.3 Å². The number of hydrogen-bond donors (Lipinski definition) is 2. The van der Waals surface area contributed by atoms with Crippen molar-refractivity contribution >= 4 is 10.0 Å². The van der Waals surface area contributed by atoms with Crippen LogP contribution in [-0.2, 0) is 15.4 Å². The zero-order chi connectivity index (χ0) is 17.1. The van der Waals surface area contributed by atoms with Gasteiger partial charge in [-0.1, -0.05) is 44.7 Å². The van der Waals surface area contributed by atoms with E-state index < -0.39 is 15.6 Å². The molecule has 0 bridgehead atoms. The van der Waals surface area contributed by atoms with E-state index in [4.69, 9.17) is 0 Å². The van der Waals surface area contributed by atoms with E-state index in [9.17, 15) is 13.5 Å². The second-order valence-corrected chi connectivity index (χ2v) is 8.88. The van der Waals surface area contributed by atoms with Gasteiger partial charge in [0.05, 0.1) is 4.90 Å². The quantitative estimate of drug-likeness (QED) is 0.656. The van der Waals surface area contributed by atoms with E-state index in [1.54, 1.807) is 12.1 Å². The topological polar surface area (TPSA) is 66.4 Å². The van der Waals surface area contributed by atoms with Gasteiger partial charge in [-0.25, -0.2) is 13.1 Å². The van der Waals surface area contributed by atoms with Gasteiger partial charge in [0.15, 0.2) is 0 Å². The highest BCUT2D eigenvalue weighted by Crippen LogP contribution is 2.30. The molecule has 1 aromatic rings. The lowest BCUT2D eigenvalue weighted by Gasteiger charge is -2.30. The number of nitrogens with one attached hydrogen (secondary N) is 1. The fourth-order valence-corrected chi connectivity index (χ4v) is 3.36. The number of aliphatic hydroxyl groups is 1. The normalized spacial score (nSPS) is 17.0. The third kappa shape index (κ3) is 4.81. The Morgan fingerprint density at radius 1 is 1.22 bits per heavy atom. The molecule has 1 saturated carbocycles. The van der Waals surface area contributed by atoms with Gasteiger partial charge in [0.1, 0.15) is 5.60 Å². The number of hydrogen-bond acceptors (Lipinski definition) is 3. The second-order valence-electron chi connectivity index (χ2n) is 7.11. The molecule has 23 heavy (non-hydrogen) atoms. The first kappa shape index (κ1) is 18.0. The summed E-state index contributed by atoms with van der Waals surface area (Å²) < 4.78 is 27.0. The zero-order valence-corrected chi connectivity index (χ0v) is 14.8. The van der Waals surface area contributed by atoms with Crippen LogP contribution in [0.5, 0.6) is 0 Å². The van der Waals surface area contributed by atoms with Crippen molar-refractivity contribution in [3.63, 3.8) is 0 Å². The van der Waals surface area contributed by atoms with Gasteiger partial charge in [0.25, 0.3) is 0 Å². The molecule has 0 saturated heterocycles. The summed E-state index contributed by atoms with van der Waals surface area (Å²) in [7, 11) is -3.51.